The van der Waals surface area contributed by atoms with Crippen molar-refractivity contribution in [3.63, 3.8) is 0 Å². The Morgan fingerprint density at radius 1 is 1.32 bits per heavy atom. The maximum absolute atomic E-state index is 12.2. The van der Waals surface area contributed by atoms with Gasteiger partial charge < -0.3 is 9.84 Å². The monoisotopic (exact) mass is 356 g/mol. The normalized spacial score (nSPS) is 12.3. The van der Waals surface area contributed by atoms with E-state index in [1.165, 1.54) is 0 Å². The van der Waals surface area contributed by atoms with Gasteiger partial charge in [0.15, 0.2) is 0 Å². The van der Waals surface area contributed by atoms with E-state index in [0.717, 1.165) is 16.1 Å². The van der Waals surface area contributed by atoms with Crippen LogP contribution in [0.1, 0.15) is 24.4 Å². The fourth-order valence-electron chi connectivity index (χ4n) is 2.30. The second kappa shape index (κ2) is 7.58. The molecular weight excluding hydrogens is 336 g/mol. The predicted octanol–water partition coefficient (Wildman–Crippen LogP) is 3.74. The first-order chi connectivity index (χ1) is 12.0. The van der Waals surface area contributed by atoms with Crippen LogP contribution in [0.3, 0.4) is 0 Å². The van der Waals surface area contributed by atoms with Crippen LogP contribution in [-0.2, 0) is 4.79 Å². The van der Waals surface area contributed by atoms with Crippen LogP contribution in [0.2, 0.25) is 0 Å². The molecule has 3 aromatic rings. The molecule has 6 nitrogen and oxygen atoms in total. The first kappa shape index (κ1) is 17.3. The molecule has 1 amide bonds. The Hall–Kier alpha value is -2.51. The number of amides is 1. The summed E-state index contributed by atoms with van der Waals surface area (Å²) in [7, 11) is 1.86. The molecule has 0 saturated carbocycles. The first-order valence-corrected chi connectivity index (χ1v) is 8.85. The van der Waals surface area contributed by atoms with E-state index in [0.29, 0.717) is 11.7 Å². The highest BCUT2D eigenvalue weighted by Gasteiger charge is 2.21. The Balaban J connectivity index is 1.59. The number of hydrogen-bond acceptors (Lipinski definition) is 6. The van der Waals surface area contributed by atoms with E-state index >= 15 is 0 Å². The maximum Gasteiger partial charge on any atom is 0.244 e. The molecule has 1 N–H and O–H groups in total. The number of likely N-dealkylation sites (N-methyl/N-ethyl adjacent to an activating group) is 1. The Morgan fingerprint density at radius 3 is 2.76 bits per heavy atom. The van der Waals surface area contributed by atoms with Crippen molar-refractivity contribution in [3.05, 3.63) is 53.2 Å². The highest BCUT2D eigenvalue weighted by molar-refractivity contribution is 7.13. The minimum atomic E-state index is -0.162. The van der Waals surface area contributed by atoms with Gasteiger partial charge in [0.05, 0.1) is 17.5 Å². The molecule has 0 aliphatic heterocycles. The van der Waals surface area contributed by atoms with Crippen molar-refractivity contribution >= 4 is 22.9 Å². The number of thiophene rings is 1. The number of nitrogens with one attached hydrogen (secondary N) is 1. The third-order valence-electron chi connectivity index (χ3n) is 3.93. The van der Waals surface area contributed by atoms with Crippen LogP contribution in [0.15, 0.2) is 46.3 Å². The molecular formula is C18H20N4O2S. The summed E-state index contributed by atoms with van der Waals surface area (Å²) >= 11 is 1.56. The molecule has 0 bridgehead atoms. The Morgan fingerprint density at radius 2 is 2.08 bits per heavy atom. The van der Waals surface area contributed by atoms with Crippen LogP contribution in [0.4, 0.5) is 5.69 Å². The lowest BCUT2D eigenvalue weighted by atomic mass is 10.2. The molecule has 0 aliphatic rings. The number of anilines is 1. The number of carbonyl (C=O) groups is 1. The minimum absolute atomic E-state index is 0.0869. The molecule has 2 heterocycles. The lowest BCUT2D eigenvalue weighted by Crippen LogP contribution is -2.32. The van der Waals surface area contributed by atoms with E-state index in [2.05, 4.69) is 15.5 Å². The summed E-state index contributed by atoms with van der Waals surface area (Å²) in [6, 6.07) is 11.4. The minimum Gasteiger partial charge on any atom is -0.337 e. The first-order valence-electron chi connectivity index (χ1n) is 7.97. The lowest BCUT2D eigenvalue weighted by molar-refractivity contribution is -0.117. The van der Waals surface area contributed by atoms with Crippen molar-refractivity contribution in [2.45, 2.75) is 19.9 Å². The second-order valence-corrected chi connectivity index (χ2v) is 6.89. The molecule has 25 heavy (non-hydrogen) atoms. The molecule has 2 aromatic heterocycles. The highest BCUT2D eigenvalue weighted by Crippen LogP contribution is 2.24. The second-order valence-electron chi connectivity index (χ2n) is 5.94. The van der Waals surface area contributed by atoms with E-state index in [1.54, 1.807) is 11.3 Å². The largest absolute Gasteiger partial charge is 0.337 e. The van der Waals surface area contributed by atoms with Gasteiger partial charge in [-0.15, -0.1) is 11.3 Å². The van der Waals surface area contributed by atoms with E-state index in [4.69, 9.17) is 4.52 Å². The SMILES string of the molecule is Cc1ccc(NC(=O)CN(C)C(C)c2nc(-c3cccs3)no2)cc1. The number of rotatable bonds is 6. The van der Waals surface area contributed by atoms with E-state index in [1.807, 2.05) is 67.6 Å². The number of hydrogen-bond donors (Lipinski definition) is 1. The van der Waals surface area contributed by atoms with Crippen molar-refractivity contribution in [2.75, 3.05) is 18.9 Å². The fraction of sp³-hybridized carbons (Fsp3) is 0.278. The van der Waals surface area contributed by atoms with Crippen molar-refractivity contribution in [1.29, 1.82) is 0 Å². The van der Waals surface area contributed by atoms with Gasteiger partial charge in [-0.2, -0.15) is 4.98 Å². The molecule has 1 aromatic carbocycles. The van der Waals surface area contributed by atoms with Gasteiger partial charge in [-0.3, -0.25) is 9.69 Å². The molecule has 130 valence electrons. The number of nitrogens with zero attached hydrogens (tertiary/aromatic N) is 3. The van der Waals surface area contributed by atoms with Gasteiger partial charge in [-0.25, -0.2) is 0 Å². The third-order valence-corrected chi connectivity index (χ3v) is 4.80. The number of aromatic nitrogens is 2. The van der Waals surface area contributed by atoms with Crippen molar-refractivity contribution in [1.82, 2.24) is 15.0 Å². The number of aryl methyl sites for hydroxylation is 1. The predicted molar refractivity (Wildman–Crippen MR) is 98.5 cm³/mol. The number of benzene rings is 1. The average Bonchev–Trinajstić information content (AvgIpc) is 3.27. The van der Waals surface area contributed by atoms with Crippen molar-refractivity contribution < 1.29 is 9.32 Å². The van der Waals surface area contributed by atoms with Crippen LogP contribution in [0.25, 0.3) is 10.7 Å². The summed E-state index contributed by atoms with van der Waals surface area (Å²) in [5, 5.41) is 8.87. The van der Waals surface area contributed by atoms with Crippen LogP contribution in [-0.4, -0.2) is 34.5 Å². The van der Waals surface area contributed by atoms with Gasteiger partial charge in [0.2, 0.25) is 17.6 Å². The standard InChI is InChI=1S/C18H20N4O2S/c1-12-6-8-14(9-7-12)19-16(23)11-22(3)13(2)18-20-17(21-24-18)15-5-4-10-25-15/h4-10,13H,11H2,1-3H3,(H,19,23). The Kier molecular flexibility index (Phi) is 5.25. The van der Waals surface area contributed by atoms with E-state index < -0.39 is 0 Å². The van der Waals surface area contributed by atoms with Crippen LogP contribution in [0, 0.1) is 6.92 Å². The number of carbonyl (C=O) groups excluding carboxylic acids is 1. The van der Waals surface area contributed by atoms with Crippen LogP contribution < -0.4 is 5.32 Å². The summed E-state index contributed by atoms with van der Waals surface area (Å²) in [6.45, 7) is 4.17. The molecule has 1 unspecified atom stereocenters. The van der Waals surface area contributed by atoms with Gasteiger partial charge in [0, 0.05) is 5.69 Å². The van der Waals surface area contributed by atoms with E-state index in [9.17, 15) is 4.79 Å². The van der Waals surface area contributed by atoms with E-state index in [-0.39, 0.29) is 18.5 Å². The average molecular weight is 356 g/mol. The summed E-state index contributed by atoms with van der Waals surface area (Å²) in [4.78, 5) is 19.5. The van der Waals surface area contributed by atoms with Crippen molar-refractivity contribution in [2.24, 2.45) is 0 Å². The van der Waals surface area contributed by atoms with Gasteiger partial charge in [0.25, 0.3) is 0 Å². The lowest BCUT2D eigenvalue weighted by Gasteiger charge is -2.20. The van der Waals surface area contributed by atoms with Gasteiger partial charge in [-0.05, 0) is 44.5 Å². The molecule has 1 atom stereocenters. The van der Waals surface area contributed by atoms with Gasteiger partial charge in [-0.1, -0.05) is 28.9 Å². The summed E-state index contributed by atoms with van der Waals surface area (Å²) in [5.41, 5.74) is 1.94. The van der Waals surface area contributed by atoms with Crippen LogP contribution >= 0.6 is 11.3 Å². The summed E-state index contributed by atoms with van der Waals surface area (Å²) < 4.78 is 5.36. The Labute approximate surface area is 150 Å². The Bertz CT molecular complexity index is 827. The quantitative estimate of drug-likeness (QED) is 0.728. The molecule has 0 fully saturated rings. The molecule has 3 rings (SSSR count). The zero-order chi connectivity index (χ0) is 17.8. The zero-order valence-electron chi connectivity index (χ0n) is 14.4. The summed E-state index contributed by atoms with van der Waals surface area (Å²) in [6.07, 6.45) is 0. The maximum atomic E-state index is 12.2. The highest BCUT2D eigenvalue weighted by atomic mass is 32.1. The molecule has 0 spiro atoms. The summed E-state index contributed by atoms with van der Waals surface area (Å²) in [5.74, 6) is 0.986. The molecule has 0 aliphatic carbocycles. The smallest absolute Gasteiger partial charge is 0.244 e. The third kappa shape index (κ3) is 4.32. The zero-order valence-corrected chi connectivity index (χ0v) is 15.2. The molecule has 0 radical (unpaired) electrons. The topological polar surface area (TPSA) is 71.3 Å². The van der Waals surface area contributed by atoms with Gasteiger partial charge >= 0.3 is 0 Å². The molecule has 7 heteroatoms. The fourth-order valence-corrected chi connectivity index (χ4v) is 2.95. The van der Waals surface area contributed by atoms with Gasteiger partial charge in [0.1, 0.15) is 0 Å². The van der Waals surface area contributed by atoms with Crippen LogP contribution in [0.5, 0.6) is 0 Å². The van der Waals surface area contributed by atoms with Crippen molar-refractivity contribution in [3.8, 4) is 10.7 Å². The molecule has 0 saturated heterocycles.